The molecule has 5 nitrogen and oxygen atoms in total. The van der Waals surface area contributed by atoms with E-state index in [0.717, 1.165) is 18.4 Å². The summed E-state index contributed by atoms with van der Waals surface area (Å²) in [6, 6.07) is 4.81. The zero-order chi connectivity index (χ0) is 15.5. The van der Waals surface area contributed by atoms with E-state index in [-0.39, 0.29) is 21.9 Å². The lowest BCUT2D eigenvalue weighted by atomic mass is 9.83. The van der Waals surface area contributed by atoms with E-state index in [1.807, 2.05) is 0 Å². The Hall–Kier alpha value is -0.660. The molecule has 3 N–H and O–H groups in total. The van der Waals surface area contributed by atoms with Gasteiger partial charge in [-0.3, -0.25) is 0 Å². The highest BCUT2D eigenvalue weighted by Crippen LogP contribution is 2.30. The summed E-state index contributed by atoms with van der Waals surface area (Å²) in [5, 5.41) is 0.205. The van der Waals surface area contributed by atoms with Crippen molar-refractivity contribution in [3.8, 4) is 0 Å². The third kappa shape index (κ3) is 4.17. The van der Waals surface area contributed by atoms with Gasteiger partial charge in [0.2, 0.25) is 10.0 Å². The van der Waals surface area contributed by atoms with E-state index in [0.29, 0.717) is 19.8 Å². The second kappa shape index (κ2) is 6.62. The lowest BCUT2D eigenvalue weighted by Crippen LogP contribution is -2.39. The van der Waals surface area contributed by atoms with Crippen LogP contribution in [0.5, 0.6) is 0 Å². The fourth-order valence-corrected chi connectivity index (χ4v) is 4.02. The van der Waals surface area contributed by atoms with Crippen LogP contribution in [-0.4, -0.2) is 28.2 Å². The molecule has 1 aromatic rings. The van der Waals surface area contributed by atoms with Gasteiger partial charge >= 0.3 is 0 Å². The fraction of sp³-hybridized carbons (Fsp3) is 0.571. The van der Waals surface area contributed by atoms with E-state index in [4.69, 9.17) is 22.1 Å². The van der Waals surface area contributed by atoms with Gasteiger partial charge in [0.15, 0.2) is 0 Å². The maximum absolute atomic E-state index is 12.4. The molecule has 0 aromatic heterocycles. The van der Waals surface area contributed by atoms with E-state index >= 15 is 0 Å². The number of hydrogen-bond acceptors (Lipinski definition) is 4. The lowest BCUT2D eigenvalue weighted by molar-refractivity contribution is 0.0265. The molecule has 0 unspecified atom stereocenters. The van der Waals surface area contributed by atoms with E-state index in [1.165, 1.54) is 6.07 Å². The van der Waals surface area contributed by atoms with Crippen molar-refractivity contribution in [2.24, 2.45) is 11.1 Å². The molecule has 0 amide bonds. The topological polar surface area (TPSA) is 81.4 Å². The van der Waals surface area contributed by atoms with Crippen molar-refractivity contribution in [1.29, 1.82) is 0 Å². The summed E-state index contributed by atoms with van der Waals surface area (Å²) in [5.74, 6) is 0. The Labute approximate surface area is 130 Å². The Bertz CT molecular complexity index is 598. The van der Waals surface area contributed by atoms with Gasteiger partial charge in [0.05, 0.1) is 5.02 Å². The van der Waals surface area contributed by atoms with Gasteiger partial charge in [0.1, 0.15) is 4.90 Å². The molecule has 0 radical (unpaired) electrons. The molecule has 118 valence electrons. The van der Waals surface area contributed by atoms with Crippen LogP contribution in [0.2, 0.25) is 5.02 Å². The Morgan fingerprint density at radius 3 is 2.67 bits per heavy atom. The minimum atomic E-state index is -3.64. The third-order valence-electron chi connectivity index (χ3n) is 3.91. The van der Waals surface area contributed by atoms with Crippen LogP contribution in [0.15, 0.2) is 23.1 Å². The van der Waals surface area contributed by atoms with Crippen molar-refractivity contribution in [2.75, 3.05) is 19.8 Å². The molecule has 1 saturated heterocycles. The van der Waals surface area contributed by atoms with Crippen molar-refractivity contribution in [3.05, 3.63) is 28.8 Å². The first-order valence-electron chi connectivity index (χ1n) is 6.92. The number of hydrogen-bond donors (Lipinski definition) is 2. The molecule has 1 aliphatic rings. The van der Waals surface area contributed by atoms with Crippen molar-refractivity contribution in [1.82, 2.24) is 4.72 Å². The molecular formula is C14H21ClN2O3S. The van der Waals surface area contributed by atoms with E-state index < -0.39 is 10.0 Å². The Morgan fingerprint density at radius 2 is 2.05 bits per heavy atom. The van der Waals surface area contributed by atoms with Gasteiger partial charge in [0.25, 0.3) is 0 Å². The highest BCUT2D eigenvalue weighted by Gasteiger charge is 2.29. The summed E-state index contributed by atoms with van der Waals surface area (Å²) >= 11 is 6.01. The van der Waals surface area contributed by atoms with E-state index in [2.05, 4.69) is 11.6 Å². The number of halogens is 1. The first-order valence-corrected chi connectivity index (χ1v) is 8.78. The summed E-state index contributed by atoms with van der Waals surface area (Å²) < 4.78 is 32.9. The summed E-state index contributed by atoms with van der Waals surface area (Å²) in [5.41, 5.74) is 6.21. The van der Waals surface area contributed by atoms with E-state index in [9.17, 15) is 8.42 Å². The van der Waals surface area contributed by atoms with Gasteiger partial charge < -0.3 is 10.5 Å². The second-order valence-electron chi connectivity index (χ2n) is 5.72. The molecule has 7 heteroatoms. The summed E-state index contributed by atoms with van der Waals surface area (Å²) in [6.07, 6.45) is 1.68. The Morgan fingerprint density at radius 1 is 1.38 bits per heavy atom. The lowest BCUT2D eigenvalue weighted by Gasteiger charge is -2.33. The van der Waals surface area contributed by atoms with Crippen molar-refractivity contribution in [2.45, 2.75) is 31.2 Å². The van der Waals surface area contributed by atoms with Crippen LogP contribution in [0.25, 0.3) is 0 Å². The molecule has 1 fully saturated rings. The van der Waals surface area contributed by atoms with Crippen LogP contribution in [-0.2, 0) is 21.3 Å². The molecule has 0 atom stereocenters. The number of rotatable bonds is 5. The molecule has 0 bridgehead atoms. The Balaban J connectivity index is 2.15. The van der Waals surface area contributed by atoms with Gasteiger partial charge in [-0.1, -0.05) is 24.6 Å². The van der Waals surface area contributed by atoms with Gasteiger partial charge in [0, 0.05) is 26.3 Å². The monoisotopic (exact) mass is 332 g/mol. The van der Waals surface area contributed by atoms with Crippen LogP contribution in [0, 0.1) is 5.41 Å². The number of nitrogens with two attached hydrogens (primary N) is 1. The maximum atomic E-state index is 12.4. The van der Waals surface area contributed by atoms with Crippen LogP contribution in [0.3, 0.4) is 0 Å². The number of benzene rings is 1. The van der Waals surface area contributed by atoms with Gasteiger partial charge in [-0.05, 0) is 36.0 Å². The number of ether oxygens (including phenoxy) is 1. The molecule has 0 aliphatic carbocycles. The normalized spacial score (nSPS) is 18.6. The molecule has 1 heterocycles. The molecule has 1 aliphatic heterocycles. The van der Waals surface area contributed by atoms with Gasteiger partial charge in [-0.15, -0.1) is 0 Å². The summed E-state index contributed by atoms with van der Waals surface area (Å²) in [4.78, 5) is 0.0859. The maximum Gasteiger partial charge on any atom is 0.242 e. The summed E-state index contributed by atoms with van der Waals surface area (Å²) in [6.45, 7) is 4.05. The molecule has 0 saturated carbocycles. The Kier molecular flexibility index (Phi) is 5.27. The van der Waals surface area contributed by atoms with Crippen LogP contribution in [0.1, 0.15) is 25.3 Å². The standard InChI is InChI=1S/C14H21ClN2O3S/c1-14(4-6-20-7-5-14)10-17-21(18,19)13-8-11(9-16)2-3-12(13)15/h2-3,8,17H,4-7,9-10,16H2,1H3. The van der Waals surface area contributed by atoms with Crippen LogP contribution in [0.4, 0.5) is 0 Å². The average Bonchev–Trinajstić information content (AvgIpc) is 2.47. The molecule has 0 spiro atoms. The molecular weight excluding hydrogens is 312 g/mol. The minimum Gasteiger partial charge on any atom is -0.381 e. The first-order chi connectivity index (χ1) is 9.86. The highest BCUT2D eigenvalue weighted by molar-refractivity contribution is 7.89. The first kappa shape index (κ1) is 16.7. The minimum absolute atomic E-state index is 0.0801. The largest absolute Gasteiger partial charge is 0.381 e. The van der Waals surface area contributed by atoms with Crippen LogP contribution < -0.4 is 10.5 Å². The molecule has 2 rings (SSSR count). The number of sulfonamides is 1. The molecule has 1 aromatic carbocycles. The zero-order valence-corrected chi connectivity index (χ0v) is 13.6. The third-order valence-corrected chi connectivity index (χ3v) is 5.79. The van der Waals surface area contributed by atoms with Gasteiger partial charge in [-0.25, -0.2) is 13.1 Å². The van der Waals surface area contributed by atoms with Gasteiger partial charge in [-0.2, -0.15) is 0 Å². The van der Waals surface area contributed by atoms with Crippen molar-refractivity contribution >= 4 is 21.6 Å². The quantitative estimate of drug-likeness (QED) is 0.862. The van der Waals surface area contributed by atoms with Crippen molar-refractivity contribution in [3.63, 3.8) is 0 Å². The highest BCUT2D eigenvalue weighted by atomic mass is 35.5. The van der Waals surface area contributed by atoms with Crippen molar-refractivity contribution < 1.29 is 13.2 Å². The fourth-order valence-electron chi connectivity index (χ4n) is 2.27. The average molecular weight is 333 g/mol. The summed E-state index contributed by atoms with van der Waals surface area (Å²) in [7, 11) is -3.64. The number of nitrogens with one attached hydrogen (secondary N) is 1. The predicted molar refractivity (Wildman–Crippen MR) is 82.7 cm³/mol. The van der Waals surface area contributed by atoms with Crippen LogP contribution >= 0.6 is 11.6 Å². The molecule has 21 heavy (non-hydrogen) atoms. The second-order valence-corrected chi connectivity index (χ2v) is 7.86. The predicted octanol–water partition coefficient (Wildman–Crippen LogP) is 1.89. The SMILES string of the molecule is CC1(CNS(=O)(=O)c2cc(CN)ccc2Cl)CCOCC1. The van der Waals surface area contributed by atoms with E-state index in [1.54, 1.807) is 12.1 Å². The smallest absolute Gasteiger partial charge is 0.242 e. The zero-order valence-electron chi connectivity index (χ0n) is 12.1.